The number of aliphatic hydroxyl groups is 1. The Labute approximate surface area is 97.8 Å². The molecule has 0 atom stereocenters. The fraction of sp³-hybridized carbons (Fsp3) is 0.917. The van der Waals surface area contributed by atoms with Gasteiger partial charge in [0, 0.05) is 26.1 Å². The van der Waals surface area contributed by atoms with Crippen LogP contribution in [0.4, 0.5) is 0 Å². The largest absolute Gasteiger partial charge is 0.389 e. The van der Waals surface area contributed by atoms with Crippen molar-refractivity contribution in [3.8, 4) is 0 Å². The van der Waals surface area contributed by atoms with Gasteiger partial charge in [-0.05, 0) is 19.3 Å². The molecule has 0 radical (unpaired) electrons. The van der Waals surface area contributed by atoms with Crippen LogP contribution in [0.15, 0.2) is 0 Å². The van der Waals surface area contributed by atoms with Crippen molar-refractivity contribution in [2.24, 2.45) is 0 Å². The molecule has 0 heterocycles. The number of hydrogen-bond donors (Lipinski definition) is 3. The molecule has 4 heteroatoms. The highest BCUT2D eigenvalue weighted by atomic mass is 16.3. The number of nitrogens with one attached hydrogen (secondary N) is 2. The second-order valence-electron chi connectivity index (χ2n) is 4.71. The molecule has 1 fully saturated rings. The van der Waals surface area contributed by atoms with Crippen LogP contribution in [0.3, 0.4) is 0 Å². The van der Waals surface area contributed by atoms with E-state index in [0.29, 0.717) is 19.5 Å². The summed E-state index contributed by atoms with van der Waals surface area (Å²) in [5.74, 6) is 0.0905. The first-order valence-electron chi connectivity index (χ1n) is 6.36. The number of carbonyl (C=O) groups excluding carboxylic acids is 1. The Kier molecular flexibility index (Phi) is 5.77. The lowest BCUT2D eigenvalue weighted by atomic mass is 10.0. The van der Waals surface area contributed by atoms with E-state index in [-0.39, 0.29) is 5.91 Å². The molecule has 1 amide bonds. The van der Waals surface area contributed by atoms with Crippen LogP contribution in [0.25, 0.3) is 0 Å². The number of carbonyl (C=O) groups is 1. The summed E-state index contributed by atoms with van der Waals surface area (Å²) < 4.78 is 0. The summed E-state index contributed by atoms with van der Waals surface area (Å²) >= 11 is 0. The molecule has 3 N–H and O–H groups in total. The summed E-state index contributed by atoms with van der Waals surface area (Å²) in [4.78, 5) is 11.3. The van der Waals surface area contributed by atoms with E-state index in [4.69, 9.17) is 0 Å². The molecule has 4 nitrogen and oxygen atoms in total. The molecular formula is C12H24N2O2. The summed E-state index contributed by atoms with van der Waals surface area (Å²) in [5, 5.41) is 16.0. The minimum atomic E-state index is -0.514. The lowest BCUT2D eigenvalue weighted by Crippen LogP contribution is -2.39. The molecule has 0 aromatic rings. The molecule has 0 saturated heterocycles. The van der Waals surface area contributed by atoms with Crippen LogP contribution in [-0.2, 0) is 4.79 Å². The fourth-order valence-electron chi connectivity index (χ4n) is 2.09. The number of rotatable bonds is 7. The summed E-state index contributed by atoms with van der Waals surface area (Å²) in [6.07, 6.45) is 5.49. The first-order chi connectivity index (χ1) is 7.66. The Morgan fingerprint density at radius 1 is 1.31 bits per heavy atom. The maximum Gasteiger partial charge on any atom is 0.221 e. The molecule has 1 aliphatic rings. The second-order valence-corrected chi connectivity index (χ2v) is 4.71. The minimum Gasteiger partial charge on any atom is -0.389 e. The van der Waals surface area contributed by atoms with E-state index >= 15 is 0 Å². The second kappa shape index (κ2) is 6.86. The molecule has 0 aromatic heterocycles. The molecule has 94 valence electrons. The predicted octanol–water partition coefficient (Wildman–Crippen LogP) is 0.797. The van der Waals surface area contributed by atoms with Crippen LogP contribution < -0.4 is 10.6 Å². The average molecular weight is 228 g/mol. The van der Waals surface area contributed by atoms with Crippen molar-refractivity contribution in [3.05, 3.63) is 0 Å². The zero-order valence-electron chi connectivity index (χ0n) is 10.2. The van der Waals surface area contributed by atoms with Gasteiger partial charge in [-0.15, -0.1) is 0 Å². The van der Waals surface area contributed by atoms with E-state index in [1.165, 1.54) is 0 Å². The van der Waals surface area contributed by atoms with Gasteiger partial charge in [-0.3, -0.25) is 4.79 Å². The molecule has 0 spiro atoms. The van der Waals surface area contributed by atoms with E-state index in [2.05, 4.69) is 10.6 Å². The SMILES string of the molecule is CCCNC(=O)CCNCC1(O)CCCC1. The summed E-state index contributed by atoms with van der Waals surface area (Å²) in [6, 6.07) is 0. The molecule has 0 aromatic carbocycles. The average Bonchev–Trinajstić information content (AvgIpc) is 2.69. The highest BCUT2D eigenvalue weighted by Gasteiger charge is 2.30. The molecule has 1 saturated carbocycles. The smallest absolute Gasteiger partial charge is 0.221 e. The van der Waals surface area contributed by atoms with Gasteiger partial charge in [0.1, 0.15) is 0 Å². The third kappa shape index (κ3) is 4.94. The molecule has 16 heavy (non-hydrogen) atoms. The van der Waals surface area contributed by atoms with Gasteiger partial charge >= 0.3 is 0 Å². The molecule has 0 bridgehead atoms. The van der Waals surface area contributed by atoms with Crippen LogP contribution in [0.1, 0.15) is 45.4 Å². The Bertz CT molecular complexity index is 213. The minimum absolute atomic E-state index is 0.0905. The molecule has 1 aliphatic carbocycles. The van der Waals surface area contributed by atoms with Crippen LogP contribution in [0, 0.1) is 0 Å². The van der Waals surface area contributed by atoms with Crippen molar-refractivity contribution in [2.45, 2.75) is 51.0 Å². The van der Waals surface area contributed by atoms with Gasteiger partial charge in [-0.25, -0.2) is 0 Å². The zero-order valence-corrected chi connectivity index (χ0v) is 10.2. The van der Waals surface area contributed by atoms with E-state index in [0.717, 1.165) is 38.6 Å². The van der Waals surface area contributed by atoms with Crippen molar-refractivity contribution in [2.75, 3.05) is 19.6 Å². The number of hydrogen-bond acceptors (Lipinski definition) is 3. The van der Waals surface area contributed by atoms with Gasteiger partial charge in [0.2, 0.25) is 5.91 Å². The molecule has 0 unspecified atom stereocenters. The van der Waals surface area contributed by atoms with Gasteiger partial charge in [-0.2, -0.15) is 0 Å². The molecule has 1 rings (SSSR count). The highest BCUT2D eigenvalue weighted by Crippen LogP contribution is 2.28. The third-order valence-corrected chi connectivity index (χ3v) is 3.09. The monoisotopic (exact) mass is 228 g/mol. The molecular weight excluding hydrogens is 204 g/mol. The zero-order chi connectivity index (χ0) is 11.9. The van der Waals surface area contributed by atoms with Gasteiger partial charge < -0.3 is 15.7 Å². The van der Waals surface area contributed by atoms with Crippen molar-refractivity contribution in [1.29, 1.82) is 0 Å². The van der Waals surface area contributed by atoms with Crippen molar-refractivity contribution >= 4 is 5.91 Å². The van der Waals surface area contributed by atoms with Gasteiger partial charge in [0.15, 0.2) is 0 Å². The summed E-state index contributed by atoms with van der Waals surface area (Å²) in [6.45, 7) is 4.06. The van der Waals surface area contributed by atoms with Crippen LogP contribution >= 0.6 is 0 Å². The molecule has 0 aliphatic heterocycles. The Morgan fingerprint density at radius 2 is 2.00 bits per heavy atom. The topological polar surface area (TPSA) is 61.4 Å². The lowest BCUT2D eigenvalue weighted by Gasteiger charge is -2.22. The Hall–Kier alpha value is -0.610. The van der Waals surface area contributed by atoms with E-state index < -0.39 is 5.60 Å². The van der Waals surface area contributed by atoms with Crippen molar-refractivity contribution in [3.63, 3.8) is 0 Å². The lowest BCUT2D eigenvalue weighted by molar-refractivity contribution is -0.121. The van der Waals surface area contributed by atoms with E-state index in [1.807, 2.05) is 6.92 Å². The van der Waals surface area contributed by atoms with E-state index in [9.17, 15) is 9.90 Å². The Morgan fingerprint density at radius 3 is 2.62 bits per heavy atom. The van der Waals surface area contributed by atoms with Crippen LogP contribution in [0.2, 0.25) is 0 Å². The first-order valence-corrected chi connectivity index (χ1v) is 6.36. The first kappa shape index (κ1) is 13.5. The maximum atomic E-state index is 11.3. The van der Waals surface area contributed by atoms with Crippen LogP contribution in [0.5, 0.6) is 0 Å². The third-order valence-electron chi connectivity index (χ3n) is 3.09. The van der Waals surface area contributed by atoms with Crippen molar-refractivity contribution < 1.29 is 9.90 Å². The van der Waals surface area contributed by atoms with Gasteiger partial charge in [0.05, 0.1) is 5.60 Å². The predicted molar refractivity (Wildman–Crippen MR) is 64.2 cm³/mol. The van der Waals surface area contributed by atoms with Gasteiger partial charge in [-0.1, -0.05) is 19.8 Å². The number of amides is 1. The van der Waals surface area contributed by atoms with Crippen LogP contribution in [-0.4, -0.2) is 36.2 Å². The van der Waals surface area contributed by atoms with E-state index in [1.54, 1.807) is 0 Å². The maximum absolute atomic E-state index is 11.3. The Balaban J connectivity index is 2.00. The standard InChI is InChI=1S/C12H24N2O2/c1-2-8-14-11(15)5-9-13-10-12(16)6-3-4-7-12/h13,16H,2-10H2,1H3,(H,14,15). The normalized spacial score (nSPS) is 18.6. The summed E-state index contributed by atoms with van der Waals surface area (Å²) in [5.41, 5.74) is -0.514. The van der Waals surface area contributed by atoms with Crippen molar-refractivity contribution in [1.82, 2.24) is 10.6 Å². The highest BCUT2D eigenvalue weighted by molar-refractivity contribution is 5.75. The quantitative estimate of drug-likeness (QED) is 0.565. The fourth-order valence-corrected chi connectivity index (χ4v) is 2.09. The van der Waals surface area contributed by atoms with Gasteiger partial charge in [0.25, 0.3) is 0 Å². The summed E-state index contributed by atoms with van der Waals surface area (Å²) in [7, 11) is 0.